The van der Waals surface area contributed by atoms with Crippen LogP contribution in [0.25, 0.3) is 0 Å². The Balaban J connectivity index is 1.62. The van der Waals surface area contributed by atoms with E-state index in [9.17, 15) is 18.0 Å². The van der Waals surface area contributed by atoms with Crippen molar-refractivity contribution in [3.05, 3.63) is 46.9 Å². The average Bonchev–Trinajstić information content (AvgIpc) is 2.98. The van der Waals surface area contributed by atoms with Crippen molar-refractivity contribution in [1.29, 1.82) is 0 Å². The SMILES string of the molecule is Nc1[nH]ncc1C(=O)N1CCN(Cc2cc(F)cc(F)c2F)CC1. The number of nitrogens with one attached hydrogen (secondary N) is 1. The van der Waals surface area contributed by atoms with Gasteiger partial charge in [0.2, 0.25) is 0 Å². The molecule has 0 atom stereocenters. The van der Waals surface area contributed by atoms with Crippen LogP contribution in [0.4, 0.5) is 19.0 Å². The quantitative estimate of drug-likeness (QED) is 0.828. The highest BCUT2D eigenvalue weighted by atomic mass is 19.2. The topological polar surface area (TPSA) is 78.2 Å². The number of halogens is 3. The van der Waals surface area contributed by atoms with E-state index in [1.807, 2.05) is 4.90 Å². The summed E-state index contributed by atoms with van der Waals surface area (Å²) >= 11 is 0. The lowest BCUT2D eigenvalue weighted by Gasteiger charge is -2.34. The number of benzene rings is 1. The monoisotopic (exact) mass is 339 g/mol. The van der Waals surface area contributed by atoms with Crippen LogP contribution in [0.2, 0.25) is 0 Å². The molecule has 2 aromatic rings. The molecule has 1 aromatic heterocycles. The minimum Gasteiger partial charge on any atom is -0.383 e. The Bertz CT molecular complexity index is 756. The Morgan fingerprint density at radius 1 is 1.21 bits per heavy atom. The van der Waals surface area contributed by atoms with Crippen LogP contribution >= 0.6 is 0 Å². The highest BCUT2D eigenvalue weighted by Gasteiger charge is 2.25. The molecule has 9 heteroatoms. The molecule has 0 spiro atoms. The van der Waals surface area contributed by atoms with Gasteiger partial charge in [0, 0.05) is 44.4 Å². The van der Waals surface area contributed by atoms with Gasteiger partial charge in [-0.15, -0.1) is 0 Å². The Kier molecular flexibility index (Phi) is 4.43. The Hall–Kier alpha value is -2.55. The van der Waals surface area contributed by atoms with E-state index in [4.69, 9.17) is 5.73 Å². The summed E-state index contributed by atoms with van der Waals surface area (Å²) in [6.45, 7) is 1.81. The van der Waals surface area contributed by atoms with E-state index in [1.165, 1.54) is 6.20 Å². The number of piperazine rings is 1. The van der Waals surface area contributed by atoms with Gasteiger partial charge in [0.05, 0.1) is 6.20 Å². The number of hydrogen-bond donors (Lipinski definition) is 2. The van der Waals surface area contributed by atoms with Crippen molar-refractivity contribution in [3.8, 4) is 0 Å². The minimum absolute atomic E-state index is 0.0358. The van der Waals surface area contributed by atoms with E-state index < -0.39 is 17.5 Å². The summed E-state index contributed by atoms with van der Waals surface area (Å²) in [7, 11) is 0. The zero-order chi connectivity index (χ0) is 17.3. The van der Waals surface area contributed by atoms with Crippen LogP contribution in [0.1, 0.15) is 15.9 Å². The lowest BCUT2D eigenvalue weighted by atomic mass is 10.1. The molecule has 0 bridgehead atoms. The second kappa shape index (κ2) is 6.52. The first-order valence-corrected chi connectivity index (χ1v) is 7.39. The Morgan fingerprint density at radius 3 is 2.54 bits per heavy atom. The van der Waals surface area contributed by atoms with Crippen LogP contribution in [0.3, 0.4) is 0 Å². The lowest BCUT2D eigenvalue weighted by Crippen LogP contribution is -2.48. The first kappa shape index (κ1) is 16.3. The molecule has 2 heterocycles. The number of anilines is 1. The molecular weight excluding hydrogens is 323 g/mol. The third-order valence-corrected chi connectivity index (χ3v) is 4.02. The molecule has 0 unspecified atom stereocenters. The molecule has 0 radical (unpaired) electrons. The van der Waals surface area contributed by atoms with Crippen LogP contribution in [-0.4, -0.2) is 52.1 Å². The highest BCUT2D eigenvalue weighted by Crippen LogP contribution is 2.18. The standard InChI is InChI=1S/C15H16F3N5O/c16-10-5-9(13(18)12(17)6-10)8-22-1-3-23(4-2-22)15(24)11-7-20-21-14(11)19/h5-7H,1-4,8H2,(H3,19,20,21). The maximum Gasteiger partial charge on any atom is 0.259 e. The van der Waals surface area contributed by atoms with Crippen LogP contribution < -0.4 is 5.73 Å². The molecule has 1 aliphatic rings. The fourth-order valence-corrected chi connectivity index (χ4v) is 2.71. The van der Waals surface area contributed by atoms with Gasteiger partial charge in [-0.3, -0.25) is 14.8 Å². The molecule has 1 amide bonds. The van der Waals surface area contributed by atoms with Gasteiger partial charge >= 0.3 is 0 Å². The van der Waals surface area contributed by atoms with E-state index >= 15 is 0 Å². The summed E-state index contributed by atoms with van der Waals surface area (Å²) in [5, 5.41) is 6.22. The van der Waals surface area contributed by atoms with Crippen LogP contribution in [0, 0.1) is 17.5 Å². The average molecular weight is 339 g/mol. The maximum atomic E-state index is 13.7. The summed E-state index contributed by atoms with van der Waals surface area (Å²) in [5.41, 5.74) is 5.91. The zero-order valence-electron chi connectivity index (χ0n) is 12.7. The summed E-state index contributed by atoms with van der Waals surface area (Å²) in [4.78, 5) is 15.7. The number of rotatable bonds is 3. The van der Waals surface area contributed by atoms with E-state index in [0.717, 1.165) is 6.07 Å². The number of nitrogens with zero attached hydrogens (tertiary/aromatic N) is 3. The van der Waals surface area contributed by atoms with Gasteiger partial charge in [-0.2, -0.15) is 5.10 Å². The smallest absolute Gasteiger partial charge is 0.259 e. The highest BCUT2D eigenvalue weighted by molar-refractivity contribution is 5.98. The molecule has 1 aromatic carbocycles. The molecule has 128 valence electrons. The summed E-state index contributed by atoms with van der Waals surface area (Å²) < 4.78 is 40.2. The normalized spacial score (nSPS) is 15.7. The first-order valence-electron chi connectivity index (χ1n) is 7.39. The van der Waals surface area contributed by atoms with Crippen LogP contribution in [0.15, 0.2) is 18.3 Å². The Morgan fingerprint density at radius 2 is 1.92 bits per heavy atom. The predicted molar refractivity (Wildman–Crippen MR) is 80.5 cm³/mol. The third-order valence-electron chi connectivity index (χ3n) is 4.02. The summed E-state index contributed by atoms with van der Waals surface area (Å²) in [5.74, 6) is -3.08. The van der Waals surface area contributed by atoms with Gasteiger partial charge < -0.3 is 10.6 Å². The number of carbonyl (C=O) groups excluding carboxylic acids is 1. The predicted octanol–water partition coefficient (Wildman–Crippen LogP) is 1.37. The minimum atomic E-state index is -1.20. The fraction of sp³-hybridized carbons (Fsp3) is 0.333. The van der Waals surface area contributed by atoms with Gasteiger partial charge in [0.15, 0.2) is 11.6 Å². The third kappa shape index (κ3) is 3.21. The number of amides is 1. The second-order valence-corrected chi connectivity index (χ2v) is 5.63. The van der Waals surface area contributed by atoms with Crippen molar-refractivity contribution in [2.75, 3.05) is 31.9 Å². The lowest BCUT2D eigenvalue weighted by molar-refractivity contribution is 0.0628. The number of H-pyrrole nitrogens is 1. The first-order chi connectivity index (χ1) is 11.5. The van der Waals surface area contributed by atoms with E-state index in [2.05, 4.69) is 10.2 Å². The van der Waals surface area contributed by atoms with Crippen molar-refractivity contribution in [1.82, 2.24) is 20.0 Å². The van der Waals surface area contributed by atoms with Crippen molar-refractivity contribution in [3.63, 3.8) is 0 Å². The molecular formula is C15H16F3N5O. The maximum absolute atomic E-state index is 13.7. The van der Waals surface area contributed by atoms with Gasteiger partial charge in [-0.05, 0) is 6.07 Å². The van der Waals surface area contributed by atoms with Crippen LogP contribution in [-0.2, 0) is 6.54 Å². The van der Waals surface area contributed by atoms with E-state index in [1.54, 1.807) is 4.90 Å². The molecule has 0 saturated carbocycles. The summed E-state index contributed by atoms with van der Waals surface area (Å²) in [6, 6.07) is 1.51. The van der Waals surface area contributed by atoms with Crippen molar-refractivity contribution in [2.45, 2.75) is 6.54 Å². The molecule has 3 rings (SSSR count). The zero-order valence-corrected chi connectivity index (χ0v) is 12.7. The number of hydrogen-bond acceptors (Lipinski definition) is 4. The largest absolute Gasteiger partial charge is 0.383 e. The van der Waals surface area contributed by atoms with Gasteiger partial charge in [0.1, 0.15) is 17.2 Å². The fourth-order valence-electron chi connectivity index (χ4n) is 2.71. The van der Waals surface area contributed by atoms with Crippen molar-refractivity contribution < 1.29 is 18.0 Å². The molecule has 24 heavy (non-hydrogen) atoms. The molecule has 1 fully saturated rings. The van der Waals surface area contributed by atoms with Crippen molar-refractivity contribution >= 4 is 11.7 Å². The molecule has 3 N–H and O–H groups in total. The van der Waals surface area contributed by atoms with Gasteiger partial charge in [0.25, 0.3) is 5.91 Å². The molecule has 1 aliphatic heterocycles. The van der Waals surface area contributed by atoms with Crippen LogP contribution in [0.5, 0.6) is 0 Å². The molecule has 0 aliphatic carbocycles. The van der Waals surface area contributed by atoms with E-state index in [0.29, 0.717) is 37.8 Å². The molecule has 1 saturated heterocycles. The van der Waals surface area contributed by atoms with Gasteiger partial charge in [-0.25, -0.2) is 13.2 Å². The number of carbonyl (C=O) groups is 1. The van der Waals surface area contributed by atoms with E-state index in [-0.39, 0.29) is 23.8 Å². The second-order valence-electron chi connectivity index (χ2n) is 5.63. The Labute approximate surface area is 136 Å². The van der Waals surface area contributed by atoms with Gasteiger partial charge in [-0.1, -0.05) is 0 Å². The molecule has 6 nitrogen and oxygen atoms in total. The number of aromatic nitrogens is 2. The number of aromatic amines is 1. The number of nitrogens with two attached hydrogens (primary N) is 1. The number of nitrogen functional groups attached to an aromatic ring is 1. The van der Waals surface area contributed by atoms with Crippen molar-refractivity contribution in [2.24, 2.45) is 0 Å². The summed E-state index contributed by atoms with van der Waals surface area (Å²) in [6.07, 6.45) is 1.37.